The summed E-state index contributed by atoms with van der Waals surface area (Å²) in [6, 6.07) is 14.6. The Kier molecular flexibility index (Phi) is 5.41. The Morgan fingerprint density at radius 3 is 2.88 bits per heavy atom. The molecular weight excluding hydrogens is 298 g/mol. The molecule has 1 heterocycles. The molecule has 2 aromatic carbocycles. The van der Waals surface area contributed by atoms with Crippen molar-refractivity contribution >= 4 is 5.69 Å². The van der Waals surface area contributed by atoms with Gasteiger partial charge in [-0.05, 0) is 49.9 Å². The van der Waals surface area contributed by atoms with E-state index >= 15 is 0 Å². The van der Waals surface area contributed by atoms with Gasteiger partial charge < -0.3 is 14.7 Å². The van der Waals surface area contributed by atoms with Crippen LogP contribution >= 0.6 is 0 Å². The van der Waals surface area contributed by atoms with Gasteiger partial charge in [0.05, 0.1) is 12.7 Å². The minimum Gasteiger partial charge on any atom is -0.493 e. The first-order valence-corrected chi connectivity index (χ1v) is 8.93. The highest BCUT2D eigenvalue weighted by molar-refractivity contribution is 5.57. The molecule has 2 aromatic rings. The molecule has 0 saturated heterocycles. The molecule has 1 N–H and O–H groups in total. The SMILES string of the molecule is CCCOc1ccc(C)cc1C(O)CCN1CCc2ccccc21. The summed E-state index contributed by atoms with van der Waals surface area (Å²) in [6.45, 7) is 6.73. The van der Waals surface area contributed by atoms with Gasteiger partial charge in [0.2, 0.25) is 0 Å². The summed E-state index contributed by atoms with van der Waals surface area (Å²) in [6.07, 6.45) is 2.28. The fraction of sp³-hybridized carbons (Fsp3) is 0.429. The molecule has 0 bridgehead atoms. The van der Waals surface area contributed by atoms with Crippen LogP contribution in [-0.2, 0) is 6.42 Å². The van der Waals surface area contributed by atoms with Crippen molar-refractivity contribution in [2.24, 2.45) is 0 Å². The van der Waals surface area contributed by atoms with Crippen LogP contribution in [0.25, 0.3) is 0 Å². The second-order valence-corrected chi connectivity index (χ2v) is 6.56. The summed E-state index contributed by atoms with van der Waals surface area (Å²) in [5.41, 5.74) is 4.79. The molecule has 1 aliphatic heterocycles. The summed E-state index contributed by atoms with van der Waals surface area (Å²) < 4.78 is 5.82. The number of aliphatic hydroxyl groups is 1. The first-order valence-electron chi connectivity index (χ1n) is 8.93. The highest BCUT2D eigenvalue weighted by Crippen LogP contribution is 2.31. The van der Waals surface area contributed by atoms with Crippen LogP contribution in [0.1, 0.15) is 42.6 Å². The molecule has 24 heavy (non-hydrogen) atoms. The van der Waals surface area contributed by atoms with E-state index in [-0.39, 0.29) is 0 Å². The lowest BCUT2D eigenvalue weighted by molar-refractivity contribution is 0.163. The number of hydrogen-bond acceptors (Lipinski definition) is 3. The standard InChI is InChI=1S/C21H27NO2/c1-3-14-24-21-9-8-16(2)15-18(21)20(23)11-13-22-12-10-17-6-4-5-7-19(17)22/h4-9,15,20,23H,3,10-14H2,1-2H3. The third kappa shape index (κ3) is 3.73. The third-order valence-electron chi connectivity index (χ3n) is 4.64. The predicted octanol–water partition coefficient (Wildman–Crippen LogP) is 4.27. The van der Waals surface area contributed by atoms with Crippen LogP contribution in [0.4, 0.5) is 5.69 Å². The van der Waals surface area contributed by atoms with Crippen molar-refractivity contribution < 1.29 is 9.84 Å². The predicted molar refractivity (Wildman–Crippen MR) is 98.9 cm³/mol. The van der Waals surface area contributed by atoms with Gasteiger partial charge in [0.25, 0.3) is 0 Å². The molecule has 0 aliphatic carbocycles. The molecule has 3 rings (SSSR count). The van der Waals surface area contributed by atoms with Crippen molar-refractivity contribution in [1.82, 2.24) is 0 Å². The zero-order valence-electron chi connectivity index (χ0n) is 14.7. The molecule has 0 amide bonds. The molecule has 1 aliphatic rings. The van der Waals surface area contributed by atoms with Gasteiger partial charge in [0.15, 0.2) is 0 Å². The lowest BCUT2D eigenvalue weighted by atomic mass is 10.0. The quantitative estimate of drug-likeness (QED) is 0.825. The Hall–Kier alpha value is -2.00. The van der Waals surface area contributed by atoms with Gasteiger partial charge in [-0.2, -0.15) is 0 Å². The monoisotopic (exact) mass is 325 g/mol. The van der Waals surface area contributed by atoms with Crippen LogP contribution in [0.5, 0.6) is 5.75 Å². The third-order valence-corrected chi connectivity index (χ3v) is 4.64. The first kappa shape index (κ1) is 16.8. The second kappa shape index (κ2) is 7.71. The largest absolute Gasteiger partial charge is 0.493 e. The molecule has 0 spiro atoms. The minimum atomic E-state index is -0.496. The van der Waals surface area contributed by atoms with Gasteiger partial charge in [-0.15, -0.1) is 0 Å². The molecule has 0 fully saturated rings. The molecule has 0 radical (unpaired) electrons. The Bertz CT molecular complexity index is 683. The Labute approximate surface area is 144 Å². The van der Waals surface area contributed by atoms with Gasteiger partial charge in [0.1, 0.15) is 5.75 Å². The van der Waals surface area contributed by atoms with E-state index < -0.39 is 6.10 Å². The van der Waals surface area contributed by atoms with Crippen molar-refractivity contribution in [2.75, 3.05) is 24.6 Å². The number of aryl methyl sites for hydroxylation is 1. The van der Waals surface area contributed by atoms with Crippen LogP contribution in [0.3, 0.4) is 0 Å². The van der Waals surface area contributed by atoms with Gasteiger partial charge >= 0.3 is 0 Å². The number of para-hydroxylation sites is 1. The van der Waals surface area contributed by atoms with Crippen molar-refractivity contribution in [3.8, 4) is 5.75 Å². The first-order chi connectivity index (χ1) is 11.7. The molecule has 3 heteroatoms. The van der Waals surface area contributed by atoms with Crippen molar-refractivity contribution in [3.05, 3.63) is 59.2 Å². The highest BCUT2D eigenvalue weighted by atomic mass is 16.5. The van der Waals surface area contributed by atoms with E-state index in [0.717, 1.165) is 42.8 Å². The summed E-state index contributed by atoms with van der Waals surface area (Å²) in [5.74, 6) is 0.816. The van der Waals surface area contributed by atoms with Gasteiger partial charge in [-0.3, -0.25) is 0 Å². The normalized spacial score (nSPS) is 14.5. The molecular formula is C21H27NO2. The number of aliphatic hydroxyl groups excluding tert-OH is 1. The maximum absolute atomic E-state index is 10.7. The summed E-state index contributed by atoms with van der Waals surface area (Å²) in [7, 11) is 0. The van der Waals surface area contributed by atoms with Crippen molar-refractivity contribution in [1.29, 1.82) is 0 Å². The maximum Gasteiger partial charge on any atom is 0.125 e. The number of fused-ring (bicyclic) bond motifs is 1. The fourth-order valence-electron chi connectivity index (χ4n) is 3.34. The molecule has 1 unspecified atom stereocenters. The number of hydrogen-bond donors (Lipinski definition) is 1. The second-order valence-electron chi connectivity index (χ2n) is 6.56. The molecule has 3 nitrogen and oxygen atoms in total. The number of benzene rings is 2. The number of rotatable bonds is 7. The molecule has 128 valence electrons. The zero-order chi connectivity index (χ0) is 16.9. The fourth-order valence-corrected chi connectivity index (χ4v) is 3.34. The Morgan fingerprint density at radius 1 is 1.21 bits per heavy atom. The highest BCUT2D eigenvalue weighted by Gasteiger charge is 2.20. The van der Waals surface area contributed by atoms with E-state index in [1.54, 1.807) is 0 Å². The summed E-state index contributed by atoms with van der Waals surface area (Å²) in [4.78, 5) is 2.38. The minimum absolute atomic E-state index is 0.496. The van der Waals surface area contributed by atoms with E-state index in [2.05, 4.69) is 43.0 Å². The number of ether oxygens (including phenoxy) is 1. The van der Waals surface area contributed by atoms with Crippen molar-refractivity contribution in [2.45, 2.75) is 39.2 Å². The summed E-state index contributed by atoms with van der Waals surface area (Å²) in [5, 5.41) is 10.7. The smallest absolute Gasteiger partial charge is 0.125 e. The zero-order valence-corrected chi connectivity index (χ0v) is 14.7. The van der Waals surface area contributed by atoms with Crippen LogP contribution < -0.4 is 9.64 Å². The lowest BCUT2D eigenvalue weighted by Crippen LogP contribution is -2.23. The number of anilines is 1. The Morgan fingerprint density at radius 2 is 2.04 bits per heavy atom. The van der Waals surface area contributed by atoms with E-state index in [4.69, 9.17) is 4.74 Å². The van der Waals surface area contributed by atoms with Gasteiger partial charge in [-0.25, -0.2) is 0 Å². The van der Waals surface area contributed by atoms with Crippen LogP contribution in [0, 0.1) is 6.92 Å². The summed E-state index contributed by atoms with van der Waals surface area (Å²) >= 11 is 0. The number of nitrogens with zero attached hydrogens (tertiary/aromatic N) is 1. The van der Waals surface area contributed by atoms with Gasteiger partial charge in [-0.1, -0.05) is 36.8 Å². The Balaban J connectivity index is 1.67. The molecule has 0 aromatic heterocycles. The van der Waals surface area contributed by atoms with Gasteiger partial charge in [0, 0.05) is 24.3 Å². The van der Waals surface area contributed by atoms with E-state index in [1.165, 1.54) is 11.3 Å². The topological polar surface area (TPSA) is 32.7 Å². The van der Waals surface area contributed by atoms with E-state index in [0.29, 0.717) is 13.0 Å². The van der Waals surface area contributed by atoms with Crippen LogP contribution in [-0.4, -0.2) is 24.8 Å². The van der Waals surface area contributed by atoms with E-state index in [1.807, 2.05) is 18.2 Å². The average Bonchev–Trinajstić information content (AvgIpc) is 3.02. The maximum atomic E-state index is 10.7. The average molecular weight is 325 g/mol. The van der Waals surface area contributed by atoms with Crippen LogP contribution in [0.15, 0.2) is 42.5 Å². The van der Waals surface area contributed by atoms with E-state index in [9.17, 15) is 5.11 Å². The lowest BCUT2D eigenvalue weighted by Gasteiger charge is -2.22. The van der Waals surface area contributed by atoms with Crippen LogP contribution in [0.2, 0.25) is 0 Å². The van der Waals surface area contributed by atoms with Crippen molar-refractivity contribution in [3.63, 3.8) is 0 Å². The molecule has 0 saturated carbocycles. The molecule has 1 atom stereocenters.